The molecular formula is C20H27N3O2. The molecule has 2 aromatic rings. The lowest BCUT2D eigenvalue weighted by Gasteiger charge is -2.52. The van der Waals surface area contributed by atoms with Gasteiger partial charge in [-0.05, 0) is 50.4 Å². The first-order valence-corrected chi connectivity index (χ1v) is 8.81. The van der Waals surface area contributed by atoms with Crippen molar-refractivity contribution in [1.29, 1.82) is 0 Å². The van der Waals surface area contributed by atoms with Gasteiger partial charge in [-0.25, -0.2) is 0 Å². The monoisotopic (exact) mass is 341 g/mol. The normalized spacial score (nSPS) is 21.8. The summed E-state index contributed by atoms with van der Waals surface area (Å²) in [7, 11) is 4.02. The van der Waals surface area contributed by atoms with E-state index in [1.165, 1.54) is 0 Å². The van der Waals surface area contributed by atoms with Crippen molar-refractivity contribution in [2.24, 2.45) is 11.3 Å². The van der Waals surface area contributed by atoms with E-state index >= 15 is 0 Å². The Morgan fingerprint density at radius 1 is 1.32 bits per heavy atom. The fourth-order valence-electron chi connectivity index (χ4n) is 3.53. The van der Waals surface area contributed by atoms with Gasteiger partial charge in [0.25, 0.3) is 5.91 Å². The molecule has 1 heterocycles. The molecule has 1 N–H and O–H groups in total. The lowest BCUT2D eigenvalue weighted by Crippen LogP contribution is -2.58. The average Bonchev–Trinajstić information content (AvgIpc) is 3.01. The van der Waals surface area contributed by atoms with Crippen LogP contribution in [0.3, 0.4) is 0 Å². The van der Waals surface area contributed by atoms with Crippen molar-refractivity contribution >= 4 is 5.91 Å². The van der Waals surface area contributed by atoms with Gasteiger partial charge in [-0.15, -0.1) is 0 Å². The second-order valence-electron chi connectivity index (χ2n) is 7.87. The number of carbonyl (C=O) groups is 1. The number of benzene rings is 1. The summed E-state index contributed by atoms with van der Waals surface area (Å²) in [6, 6.07) is 11.6. The van der Waals surface area contributed by atoms with Gasteiger partial charge in [-0.3, -0.25) is 4.79 Å². The molecular weight excluding hydrogens is 314 g/mol. The summed E-state index contributed by atoms with van der Waals surface area (Å²) >= 11 is 0. The molecule has 5 nitrogen and oxygen atoms in total. The van der Waals surface area contributed by atoms with E-state index in [0.29, 0.717) is 11.5 Å². The quantitative estimate of drug-likeness (QED) is 0.877. The molecule has 134 valence electrons. The highest BCUT2D eigenvalue weighted by atomic mass is 16.5. The molecule has 0 spiro atoms. The van der Waals surface area contributed by atoms with E-state index in [1.807, 2.05) is 50.5 Å². The molecule has 0 saturated heterocycles. The molecule has 2 atom stereocenters. The van der Waals surface area contributed by atoms with Crippen molar-refractivity contribution < 1.29 is 9.32 Å². The van der Waals surface area contributed by atoms with E-state index in [1.54, 1.807) is 0 Å². The summed E-state index contributed by atoms with van der Waals surface area (Å²) < 4.78 is 5.40. The van der Waals surface area contributed by atoms with Crippen molar-refractivity contribution in [2.75, 3.05) is 14.1 Å². The van der Waals surface area contributed by atoms with Crippen LogP contribution in [0.15, 0.2) is 40.9 Å². The predicted octanol–water partition coefficient (Wildman–Crippen LogP) is 3.12. The first kappa shape index (κ1) is 17.7. The molecule has 25 heavy (non-hydrogen) atoms. The molecule has 0 radical (unpaired) electrons. The van der Waals surface area contributed by atoms with Crippen LogP contribution in [-0.2, 0) is 13.0 Å². The summed E-state index contributed by atoms with van der Waals surface area (Å²) in [5.41, 5.74) is 1.76. The summed E-state index contributed by atoms with van der Waals surface area (Å²) in [6.07, 6.45) is 1.86. The number of aromatic nitrogens is 1. The average molecular weight is 341 g/mol. The Labute approximate surface area is 149 Å². The third kappa shape index (κ3) is 3.93. The number of rotatable bonds is 6. The second kappa shape index (κ2) is 7.00. The highest BCUT2D eigenvalue weighted by molar-refractivity contribution is 5.94. The molecule has 1 saturated carbocycles. The van der Waals surface area contributed by atoms with Crippen molar-refractivity contribution in [3.8, 4) is 0 Å². The molecule has 3 rings (SSSR count). The number of hydrogen-bond acceptors (Lipinski definition) is 4. The summed E-state index contributed by atoms with van der Waals surface area (Å²) in [6.45, 7) is 5.20. The van der Waals surface area contributed by atoms with E-state index in [-0.39, 0.29) is 17.4 Å². The van der Waals surface area contributed by atoms with E-state index in [0.717, 1.165) is 30.8 Å². The Bertz CT molecular complexity index is 722. The predicted molar refractivity (Wildman–Crippen MR) is 97.2 cm³/mol. The zero-order valence-corrected chi connectivity index (χ0v) is 15.5. The van der Waals surface area contributed by atoms with E-state index < -0.39 is 0 Å². The van der Waals surface area contributed by atoms with Crippen LogP contribution in [0.25, 0.3) is 0 Å². The fraction of sp³-hybridized carbons (Fsp3) is 0.500. The van der Waals surface area contributed by atoms with Gasteiger partial charge in [0.2, 0.25) is 0 Å². The Hall–Kier alpha value is -2.14. The summed E-state index contributed by atoms with van der Waals surface area (Å²) in [4.78, 5) is 14.4. The topological polar surface area (TPSA) is 58.4 Å². The third-order valence-electron chi connectivity index (χ3n) is 5.35. The largest absolute Gasteiger partial charge is 0.360 e. The van der Waals surface area contributed by atoms with Gasteiger partial charge in [0.15, 0.2) is 5.76 Å². The fourth-order valence-corrected chi connectivity index (χ4v) is 3.53. The second-order valence-corrected chi connectivity index (χ2v) is 7.87. The molecule has 5 heteroatoms. The number of amides is 1. The van der Waals surface area contributed by atoms with Crippen LogP contribution in [0.5, 0.6) is 0 Å². The zero-order chi connectivity index (χ0) is 18.0. The van der Waals surface area contributed by atoms with Crippen molar-refractivity contribution in [1.82, 2.24) is 15.4 Å². The zero-order valence-electron chi connectivity index (χ0n) is 15.5. The first-order chi connectivity index (χ1) is 11.9. The molecule has 0 aliphatic heterocycles. The molecule has 1 aromatic carbocycles. The maximum Gasteiger partial charge on any atom is 0.251 e. The van der Waals surface area contributed by atoms with Crippen LogP contribution < -0.4 is 5.32 Å². The highest BCUT2D eigenvalue weighted by Gasteiger charge is 2.48. The molecule has 1 aromatic heterocycles. The van der Waals surface area contributed by atoms with Crippen molar-refractivity contribution in [3.05, 3.63) is 53.4 Å². The van der Waals surface area contributed by atoms with Crippen LogP contribution in [-0.4, -0.2) is 36.1 Å². The SMILES string of the molecule is CN(C)Cc1cc(C[C@@H]2C[C@H](NC(=O)c3ccccc3)C2(C)C)no1. The van der Waals surface area contributed by atoms with Crippen molar-refractivity contribution in [3.63, 3.8) is 0 Å². The molecule has 1 aliphatic carbocycles. The van der Waals surface area contributed by atoms with Gasteiger partial charge < -0.3 is 14.7 Å². The lowest BCUT2D eigenvalue weighted by molar-refractivity contribution is 0.0138. The Kier molecular flexibility index (Phi) is 4.95. The minimum atomic E-state index is 0.00632. The van der Waals surface area contributed by atoms with Crippen LogP contribution >= 0.6 is 0 Å². The van der Waals surface area contributed by atoms with Gasteiger partial charge >= 0.3 is 0 Å². The first-order valence-electron chi connectivity index (χ1n) is 8.81. The third-order valence-corrected chi connectivity index (χ3v) is 5.35. The Morgan fingerprint density at radius 2 is 2.04 bits per heavy atom. The Balaban J connectivity index is 1.56. The van der Waals surface area contributed by atoms with Crippen LogP contribution in [0.2, 0.25) is 0 Å². The summed E-state index contributed by atoms with van der Waals surface area (Å²) in [5, 5.41) is 7.38. The van der Waals surface area contributed by atoms with Crippen LogP contribution in [0.4, 0.5) is 0 Å². The number of nitrogens with zero attached hydrogens (tertiary/aromatic N) is 2. The van der Waals surface area contributed by atoms with E-state index in [2.05, 4.69) is 29.2 Å². The molecule has 1 amide bonds. The Morgan fingerprint density at radius 3 is 2.68 bits per heavy atom. The van der Waals surface area contributed by atoms with Crippen LogP contribution in [0.1, 0.15) is 42.1 Å². The highest BCUT2D eigenvalue weighted by Crippen LogP contribution is 2.47. The van der Waals surface area contributed by atoms with Gasteiger partial charge in [-0.1, -0.05) is 37.2 Å². The van der Waals surface area contributed by atoms with Gasteiger partial charge in [0, 0.05) is 17.7 Å². The smallest absolute Gasteiger partial charge is 0.251 e. The molecule has 0 unspecified atom stereocenters. The molecule has 1 aliphatic rings. The van der Waals surface area contributed by atoms with Crippen molar-refractivity contribution in [2.45, 2.75) is 39.3 Å². The maximum absolute atomic E-state index is 12.4. The summed E-state index contributed by atoms with van der Waals surface area (Å²) in [5.74, 6) is 1.39. The standard InChI is InChI=1S/C20H27N3O2/c1-20(2)15(10-16-12-17(25-22-16)13-23(3)4)11-18(20)21-19(24)14-8-6-5-7-9-14/h5-9,12,15,18H,10-11,13H2,1-4H3,(H,21,24)/t15-,18+/m1/s1. The minimum absolute atomic E-state index is 0.00632. The lowest BCUT2D eigenvalue weighted by atomic mass is 9.57. The molecule has 0 bridgehead atoms. The number of hydrogen-bond donors (Lipinski definition) is 1. The van der Waals surface area contributed by atoms with Gasteiger partial charge in [0.05, 0.1) is 12.2 Å². The molecule has 1 fully saturated rings. The number of carbonyl (C=O) groups excluding carboxylic acids is 1. The maximum atomic E-state index is 12.4. The minimum Gasteiger partial charge on any atom is -0.360 e. The van der Waals surface area contributed by atoms with E-state index in [9.17, 15) is 4.79 Å². The van der Waals surface area contributed by atoms with Gasteiger partial charge in [-0.2, -0.15) is 0 Å². The number of nitrogens with one attached hydrogen (secondary N) is 1. The van der Waals surface area contributed by atoms with Crippen LogP contribution in [0, 0.1) is 11.3 Å². The van der Waals surface area contributed by atoms with Gasteiger partial charge in [0.1, 0.15) is 0 Å². The van der Waals surface area contributed by atoms with E-state index in [4.69, 9.17) is 4.52 Å².